The van der Waals surface area contributed by atoms with E-state index in [0.717, 1.165) is 29.5 Å². The molecule has 148 valence electrons. The number of carbonyl (C=O) groups is 1. The Morgan fingerprint density at radius 3 is 1.88 bits per heavy atom. The lowest BCUT2D eigenvalue weighted by Gasteiger charge is -2.59. The van der Waals surface area contributed by atoms with Crippen LogP contribution in [-0.2, 0) is 4.79 Å². The van der Waals surface area contributed by atoms with Gasteiger partial charge in [-0.15, -0.1) is 0 Å². The third kappa shape index (κ3) is 3.42. The lowest BCUT2D eigenvalue weighted by molar-refractivity contribution is -0.169. The van der Waals surface area contributed by atoms with Crippen LogP contribution in [0.25, 0.3) is 0 Å². The van der Waals surface area contributed by atoms with Crippen molar-refractivity contribution < 1.29 is 4.79 Å². The first kappa shape index (κ1) is 19.0. The molecule has 4 aliphatic carbocycles. The highest BCUT2D eigenvalue weighted by Crippen LogP contribution is 2.64. The molecule has 2 spiro atoms. The van der Waals surface area contributed by atoms with E-state index in [2.05, 4.69) is 13.8 Å². The smallest absolute Gasteiger partial charge is 0.145 e. The Morgan fingerprint density at radius 1 is 0.808 bits per heavy atom. The molecule has 1 nitrogen and oxygen atoms in total. The Labute approximate surface area is 162 Å². The fourth-order valence-corrected chi connectivity index (χ4v) is 7.50. The van der Waals surface area contributed by atoms with Crippen LogP contribution in [0, 0.1) is 34.5 Å². The standard InChI is InChI=1S/C25H42O/c1-3-4-5-20-10-14-24(15-11-20)18-25(23(24)26)16-12-22(13-17-25)21-8-6-19(2)7-9-21/h19-22H,3-18H2,1-2H3/t19?,20?,21?,22-,24-,25-. The number of rotatable bonds is 4. The average molecular weight is 359 g/mol. The van der Waals surface area contributed by atoms with Crippen LogP contribution in [0.15, 0.2) is 0 Å². The Balaban J connectivity index is 1.27. The van der Waals surface area contributed by atoms with Gasteiger partial charge in [0.15, 0.2) is 0 Å². The summed E-state index contributed by atoms with van der Waals surface area (Å²) in [6.07, 6.45) is 21.6. The molecule has 0 aromatic rings. The van der Waals surface area contributed by atoms with E-state index in [-0.39, 0.29) is 10.8 Å². The molecule has 0 unspecified atom stereocenters. The zero-order chi connectivity index (χ0) is 18.2. The van der Waals surface area contributed by atoms with Crippen LogP contribution in [0.4, 0.5) is 0 Å². The van der Waals surface area contributed by atoms with Gasteiger partial charge in [0, 0.05) is 10.8 Å². The van der Waals surface area contributed by atoms with Crippen molar-refractivity contribution in [3.05, 3.63) is 0 Å². The van der Waals surface area contributed by atoms with Gasteiger partial charge in [-0.25, -0.2) is 0 Å². The molecule has 26 heavy (non-hydrogen) atoms. The normalized spacial score (nSPS) is 46.5. The van der Waals surface area contributed by atoms with Gasteiger partial charge in [0.1, 0.15) is 5.78 Å². The summed E-state index contributed by atoms with van der Waals surface area (Å²) in [7, 11) is 0. The van der Waals surface area contributed by atoms with Crippen molar-refractivity contribution in [1.82, 2.24) is 0 Å². The maximum atomic E-state index is 13.4. The lowest BCUT2D eigenvalue weighted by Crippen LogP contribution is -2.59. The quantitative estimate of drug-likeness (QED) is 0.514. The topological polar surface area (TPSA) is 17.1 Å². The minimum absolute atomic E-state index is 0.148. The third-order valence-corrected chi connectivity index (χ3v) is 9.38. The number of hydrogen-bond acceptors (Lipinski definition) is 1. The molecule has 0 atom stereocenters. The van der Waals surface area contributed by atoms with Crippen LogP contribution < -0.4 is 0 Å². The fraction of sp³-hybridized carbons (Fsp3) is 0.960. The summed E-state index contributed by atoms with van der Waals surface area (Å²) in [5.41, 5.74) is 0.296. The number of hydrogen-bond donors (Lipinski definition) is 0. The molecular weight excluding hydrogens is 316 g/mol. The van der Waals surface area contributed by atoms with Gasteiger partial charge < -0.3 is 0 Å². The Morgan fingerprint density at radius 2 is 1.35 bits per heavy atom. The first-order valence-corrected chi connectivity index (χ1v) is 12.1. The van der Waals surface area contributed by atoms with E-state index in [4.69, 9.17) is 0 Å². The summed E-state index contributed by atoms with van der Waals surface area (Å²) in [5.74, 6) is 4.55. The minimum atomic E-state index is 0.148. The van der Waals surface area contributed by atoms with Gasteiger partial charge in [0.2, 0.25) is 0 Å². The minimum Gasteiger partial charge on any atom is -0.298 e. The molecule has 0 radical (unpaired) electrons. The molecular formula is C25H42O. The van der Waals surface area contributed by atoms with Crippen molar-refractivity contribution in [1.29, 1.82) is 0 Å². The molecule has 0 amide bonds. The fourth-order valence-electron chi connectivity index (χ4n) is 7.50. The molecule has 4 fully saturated rings. The van der Waals surface area contributed by atoms with Crippen LogP contribution in [0.3, 0.4) is 0 Å². The maximum Gasteiger partial charge on any atom is 0.145 e. The molecule has 0 saturated heterocycles. The summed E-state index contributed by atoms with van der Waals surface area (Å²) in [6, 6.07) is 0. The zero-order valence-electron chi connectivity index (χ0n) is 17.5. The van der Waals surface area contributed by atoms with Crippen molar-refractivity contribution in [2.45, 2.75) is 117 Å². The second kappa shape index (κ2) is 7.59. The van der Waals surface area contributed by atoms with Crippen LogP contribution in [0.2, 0.25) is 0 Å². The number of unbranched alkanes of at least 4 members (excludes halogenated alkanes) is 1. The molecule has 0 aromatic heterocycles. The summed E-state index contributed by atoms with van der Waals surface area (Å²) >= 11 is 0. The van der Waals surface area contributed by atoms with E-state index >= 15 is 0 Å². The van der Waals surface area contributed by atoms with E-state index in [9.17, 15) is 4.79 Å². The summed E-state index contributed by atoms with van der Waals surface area (Å²) in [5, 5.41) is 0. The van der Waals surface area contributed by atoms with Crippen molar-refractivity contribution >= 4 is 5.78 Å². The van der Waals surface area contributed by atoms with Crippen LogP contribution >= 0.6 is 0 Å². The highest BCUT2D eigenvalue weighted by Gasteiger charge is 2.63. The Hall–Kier alpha value is -0.330. The van der Waals surface area contributed by atoms with E-state index in [0.29, 0.717) is 0 Å². The predicted molar refractivity (Wildman–Crippen MR) is 109 cm³/mol. The highest BCUT2D eigenvalue weighted by atomic mass is 16.1. The summed E-state index contributed by atoms with van der Waals surface area (Å²) in [4.78, 5) is 13.4. The van der Waals surface area contributed by atoms with Gasteiger partial charge >= 0.3 is 0 Å². The number of ketones is 1. The molecule has 0 aromatic carbocycles. The van der Waals surface area contributed by atoms with Gasteiger partial charge in [0.05, 0.1) is 0 Å². The average Bonchev–Trinajstić information content (AvgIpc) is 2.68. The van der Waals surface area contributed by atoms with Crippen LogP contribution in [0.5, 0.6) is 0 Å². The van der Waals surface area contributed by atoms with Gasteiger partial charge in [-0.1, -0.05) is 46.0 Å². The molecule has 4 rings (SSSR count). The van der Waals surface area contributed by atoms with E-state index in [1.807, 2.05) is 0 Å². The SMILES string of the molecule is CCCCC1CC[C@]2(CC1)C[C@@]1(CC[C@H](C3CCC(C)CC3)CC1)C2=O. The van der Waals surface area contributed by atoms with Gasteiger partial charge in [-0.05, 0) is 94.3 Å². The monoisotopic (exact) mass is 358 g/mol. The van der Waals surface area contributed by atoms with E-state index < -0.39 is 0 Å². The van der Waals surface area contributed by atoms with Crippen molar-refractivity contribution in [3.63, 3.8) is 0 Å². The molecule has 0 aliphatic heterocycles. The zero-order valence-corrected chi connectivity index (χ0v) is 17.5. The maximum absolute atomic E-state index is 13.4. The highest BCUT2D eigenvalue weighted by molar-refractivity contribution is 5.96. The lowest BCUT2D eigenvalue weighted by atomic mass is 9.43. The molecule has 0 N–H and O–H groups in total. The van der Waals surface area contributed by atoms with Crippen molar-refractivity contribution in [2.75, 3.05) is 0 Å². The first-order valence-electron chi connectivity index (χ1n) is 12.1. The second-order valence-electron chi connectivity index (χ2n) is 11.0. The molecule has 4 aliphatic rings. The van der Waals surface area contributed by atoms with Gasteiger partial charge in [-0.3, -0.25) is 4.79 Å². The molecule has 4 saturated carbocycles. The van der Waals surface area contributed by atoms with Crippen molar-refractivity contribution in [2.24, 2.45) is 34.5 Å². The molecule has 1 heteroatoms. The van der Waals surface area contributed by atoms with E-state index in [1.165, 1.54) is 103 Å². The van der Waals surface area contributed by atoms with E-state index in [1.54, 1.807) is 0 Å². The Kier molecular flexibility index (Phi) is 5.55. The Bertz CT molecular complexity index is 482. The van der Waals surface area contributed by atoms with Gasteiger partial charge in [-0.2, -0.15) is 0 Å². The van der Waals surface area contributed by atoms with Crippen LogP contribution in [-0.4, -0.2) is 5.78 Å². The van der Waals surface area contributed by atoms with Crippen molar-refractivity contribution in [3.8, 4) is 0 Å². The first-order chi connectivity index (χ1) is 12.6. The summed E-state index contributed by atoms with van der Waals surface area (Å²) in [6.45, 7) is 4.73. The predicted octanol–water partition coefficient (Wildman–Crippen LogP) is 7.33. The van der Waals surface area contributed by atoms with Gasteiger partial charge in [0.25, 0.3) is 0 Å². The van der Waals surface area contributed by atoms with Crippen LogP contribution in [0.1, 0.15) is 117 Å². The molecule has 0 heterocycles. The molecule has 0 bridgehead atoms. The third-order valence-electron chi connectivity index (χ3n) is 9.38. The largest absolute Gasteiger partial charge is 0.298 e. The summed E-state index contributed by atoms with van der Waals surface area (Å²) < 4.78 is 0. The number of Topliss-reactive ketones (excluding diaryl/α,β-unsaturated/α-hetero) is 1. The second-order valence-corrected chi connectivity index (χ2v) is 11.0. The number of carbonyl (C=O) groups excluding carboxylic acids is 1.